The summed E-state index contributed by atoms with van der Waals surface area (Å²) < 4.78 is 10.3. The Hall–Kier alpha value is -3.40. The van der Waals surface area contributed by atoms with Gasteiger partial charge in [0.2, 0.25) is 0 Å². The van der Waals surface area contributed by atoms with Crippen molar-refractivity contribution in [3.05, 3.63) is 46.2 Å². The number of nitrogens with two attached hydrogens (primary N) is 1. The van der Waals surface area contributed by atoms with E-state index >= 15 is 0 Å². The number of primary amides is 1. The second kappa shape index (κ2) is 7.46. The molecule has 10 heteroatoms. The van der Waals surface area contributed by atoms with Gasteiger partial charge in [-0.3, -0.25) is 14.7 Å². The first-order chi connectivity index (χ1) is 12.9. The molecule has 0 atom stereocenters. The number of carbonyl (C=O) groups excluding carboxylic acids is 3. The highest BCUT2D eigenvalue weighted by atomic mass is 32.1. The minimum Gasteiger partial charge on any atom is -0.463 e. The van der Waals surface area contributed by atoms with E-state index in [1.165, 1.54) is 12.3 Å². The molecule has 3 aromatic rings. The summed E-state index contributed by atoms with van der Waals surface area (Å²) in [6.45, 7) is 3.38. The van der Waals surface area contributed by atoms with Crippen LogP contribution >= 0.6 is 11.3 Å². The van der Waals surface area contributed by atoms with E-state index in [4.69, 9.17) is 14.9 Å². The van der Waals surface area contributed by atoms with Crippen molar-refractivity contribution in [1.29, 1.82) is 0 Å². The number of nitrogens with one attached hydrogen (secondary N) is 2. The smallest absolute Gasteiger partial charge is 0.341 e. The Morgan fingerprint density at radius 2 is 2.19 bits per heavy atom. The Morgan fingerprint density at radius 3 is 2.81 bits per heavy atom. The lowest BCUT2D eigenvalue weighted by molar-refractivity contribution is 0.0527. The van der Waals surface area contributed by atoms with E-state index in [1.807, 2.05) is 0 Å². The molecule has 9 nitrogen and oxygen atoms in total. The molecule has 0 saturated heterocycles. The van der Waals surface area contributed by atoms with E-state index in [-0.39, 0.29) is 27.7 Å². The lowest BCUT2D eigenvalue weighted by Crippen LogP contribution is -2.15. The van der Waals surface area contributed by atoms with E-state index in [0.29, 0.717) is 17.0 Å². The third kappa shape index (κ3) is 3.60. The molecule has 0 aliphatic rings. The van der Waals surface area contributed by atoms with Gasteiger partial charge in [0.15, 0.2) is 11.5 Å². The SMILES string of the molecule is CCOC(=O)c1c(NC(=O)c2cc(-c3ccco3)[nH]n2)sc(C(N)=O)c1C. The average molecular weight is 388 g/mol. The Kier molecular flexibility index (Phi) is 5.08. The summed E-state index contributed by atoms with van der Waals surface area (Å²) in [5.41, 5.74) is 6.42. The summed E-state index contributed by atoms with van der Waals surface area (Å²) in [4.78, 5) is 36.6. The fraction of sp³-hybridized carbons (Fsp3) is 0.176. The number of rotatable bonds is 6. The summed E-state index contributed by atoms with van der Waals surface area (Å²) in [7, 11) is 0. The number of furan rings is 1. The van der Waals surface area contributed by atoms with Gasteiger partial charge in [-0.1, -0.05) is 0 Å². The maximum atomic E-state index is 12.5. The molecule has 3 aromatic heterocycles. The molecule has 0 bridgehead atoms. The second-order valence-electron chi connectivity index (χ2n) is 5.44. The van der Waals surface area contributed by atoms with Crippen molar-refractivity contribution < 1.29 is 23.5 Å². The van der Waals surface area contributed by atoms with Gasteiger partial charge in [0, 0.05) is 6.07 Å². The molecule has 0 aliphatic carbocycles. The molecule has 3 rings (SSSR count). The molecular formula is C17H16N4O5S. The number of aromatic amines is 1. The molecule has 0 saturated carbocycles. The molecular weight excluding hydrogens is 372 g/mol. The number of nitrogens with zero attached hydrogens (tertiary/aromatic N) is 1. The van der Waals surface area contributed by atoms with Crippen LogP contribution in [0.4, 0.5) is 5.00 Å². The molecule has 3 heterocycles. The summed E-state index contributed by atoms with van der Waals surface area (Å²) in [6, 6.07) is 4.94. The quantitative estimate of drug-likeness (QED) is 0.554. The molecule has 0 aliphatic heterocycles. The highest BCUT2D eigenvalue weighted by molar-refractivity contribution is 7.18. The number of esters is 1. The predicted octanol–water partition coefficient (Wildman–Crippen LogP) is 2.57. The molecule has 0 spiro atoms. The maximum Gasteiger partial charge on any atom is 0.341 e. The summed E-state index contributed by atoms with van der Waals surface area (Å²) in [6.07, 6.45) is 1.50. The molecule has 0 aromatic carbocycles. The number of aromatic nitrogens is 2. The van der Waals surface area contributed by atoms with E-state index in [9.17, 15) is 14.4 Å². The van der Waals surface area contributed by atoms with Gasteiger partial charge in [0.1, 0.15) is 10.7 Å². The number of hydrogen-bond acceptors (Lipinski definition) is 7. The standard InChI is InChI=1S/C17H16N4O5S/c1-3-25-17(24)12-8(2)13(14(18)22)27-16(12)19-15(23)10-7-9(20-21-10)11-5-4-6-26-11/h4-7H,3H2,1-2H3,(H2,18,22)(H,19,23)(H,20,21). The largest absolute Gasteiger partial charge is 0.463 e. The van der Waals surface area contributed by atoms with Crippen LogP contribution in [0, 0.1) is 6.92 Å². The Balaban J connectivity index is 1.90. The van der Waals surface area contributed by atoms with E-state index in [1.54, 1.807) is 26.0 Å². The lowest BCUT2D eigenvalue weighted by atomic mass is 10.1. The van der Waals surface area contributed by atoms with Gasteiger partial charge in [0.05, 0.1) is 23.3 Å². The number of H-pyrrole nitrogens is 1. The van der Waals surface area contributed by atoms with Crippen LogP contribution in [-0.4, -0.2) is 34.6 Å². The van der Waals surface area contributed by atoms with Crippen molar-refractivity contribution in [2.75, 3.05) is 11.9 Å². The number of ether oxygens (including phenoxy) is 1. The molecule has 2 amide bonds. The Labute approximate surface area is 157 Å². The van der Waals surface area contributed by atoms with Gasteiger partial charge in [0.25, 0.3) is 11.8 Å². The summed E-state index contributed by atoms with van der Waals surface area (Å²) in [5.74, 6) is -1.38. The van der Waals surface area contributed by atoms with E-state index < -0.39 is 17.8 Å². The van der Waals surface area contributed by atoms with Crippen molar-refractivity contribution >= 4 is 34.1 Å². The zero-order valence-electron chi connectivity index (χ0n) is 14.5. The van der Waals surface area contributed by atoms with Crippen molar-refractivity contribution in [2.45, 2.75) is 13.8 Å². The van der Waals surface area contributed by atoms with Gasteiger partial charge < -0.3 is 20.2 Å². The monoisotopic (exact) mass is 388 g/mol. The Morgan fingerprint density at radius 1 is 1.41 bits per heavy atom. The molecule has 140 valence electrons. The lowest BCUT2D eigenvalue weighted by Gasteiger charge is -2.05. The topological polar surface area (TPSA) is 140 Å². The van der Waals surface area contributed by atoms with Crippen molar-refractivity contribution in [2.24, 2.45) is 5.73 Å². The number of amides is 2. The van der Waals surface area contributed by atoms with Gasteiger partial charge >= 0.3 is 5.97 Å². The fourth-order valence-electron chi connectivity index (χ4n) is 2.45. The highest BCUT2D eigenvalue weighted by Gasteiger charge is 2.26. The predicted molar refractivity (Wildman–Crippen MR) is 97.8 cm³/mol. The zero-order chi connectivity index (χ0) is 19.6. The van der Waals surface area contributed by atoms with Crippen LogP contribution in [0.3, 0.4) is 0 Å². The third-order valence-corrected chi connectivity index (χ3v) is 4.90. The zero-order valence-corrected chi connectivity index (χ0v) is 15.3. The van der Waals surface area contributed by atoms with Gasteiger partial charge in [-0.15, -0.1) is 11.3 Å². The van der Waals surface area contributed by atoms with Crippen LogP contribution < -0.4 is 11.1 Å². The molecule has 0 unspecified atom stereocenters. The number of hydrogen-bond donors (Lipinski definition) is 3. The van der Waals surface area contributed by atoms with Crippen LogP contribution in [0.5, 0.6) is 0 Å². The van der Waals surface area contributed by atoms with Crippen molar-refractivity contribution in [3.8, 4) is 11.5 Å². The van der Waals surface area contributed by atoms with Gasteiger partial charge in [-0.2, -0.15) is 5.10 Å². The van der Waals surface area contributed by atoms with E-state index in [2.05, 4.69) is 15.5 Å². The highest BCUT2D eigenvalue weighted by Crippen LogP contribution is 2.34. The molecule has 0 radical (unpaired) electrons. The minimum absolute atomic E-state index is 0.0860. The third-order valence-electron chi connectivity index (χ3n) is 3.67. The van der Waals surface area contributed by atoms with Crippen LogP contribution in [0.2, 0.25) is 0 Å². The van der Waals surface area contributed by atoms with Gasteiger partial charge in [-0.05, 0) is 31.5 Å². The second-order valence-corrected chi connectivity index (χ2v) is 6.46. The van der Waals surface area contributed by atoms with Crippen LogP contribution in [0.1, 0.15) is 43.0 Å². The first kappa shape index (κ1) is 18.4. The van der Waals surface area contributed by atoms with E-state index in [0.717, 1.165) is 11.3 Å². The normalized spacial score (nSPS) is 10.6. The molecule has 0 fully saturated rings. The van der Waals surface area contributed by atoms with Crippen LogP contribution in [0.15, 0.2) is 28.9 Å². The summed E-state index contributed by atoms with van der Waals surface area (Å²) in [5, 5.41) is 9.42. The van der Waals surface area contributed by atoms with Crippen molar-refractivity contribution in [1.82, 2.24) is 10.2 Å². The number of carbonyl (C=O) groups is 3. The fourth-order valence-corrected chi connectivity index (χ4v) is 3.49. The first-order valence-corrected chi connectivity index (χ1v) is 8.75. The molecule has 27 heavy (non-hydrogen) atoms. The summed E-state index contributed by atoms with van der Waals surface area (Å²) >= 11 is 0.912. The van der Waals surface area contributed by atoms with Gasteiger partial charge in [-0.25, -0.2) is 4.79 Å². The average Bonchev–Trinajstić information content (AvgIpc) is 3.34. The van der Waals surface area contributed by atoms with Crippen LogP contribution in [0.25, 0.3) is 11.5 Å². The maximum absolute atomic E-state index is 12.5. The minimum atomic E-state index is -0.691. The van der Waals surface area contributed by atoms with Crippen molar-refractivity contribution in [3.63, 3.8) is 0 Å². The van der Waals surface area contributed by atoms with Crippen LogP contribution in [-0.2, 0) is 4.74 Å². The number of anilines is 1. The molecule has 4 N–H and O–H groups in total. The number of thiophene rings is 1. The first-order valence-electron chi connectivity index (χ1n) is 7.93. The Bertz CT molecular complexity index is 1000.